The lowest BCUT2D eigenvalue weighted by atomic mass is 9.77. The fraction of sp³-hybridized carbons (Fsp3) is 0.370. The Bertz CT molecular complexity index is 1280. The lowest BCUT2D eigenvalue weighted by Gasteiger charge is -2.47. The SMILES string of the molecule is NC(=O)C(=O)C(Cc1ccccc1)NC(=O)c1cccnc1-n1ccc(CN2CCC3(CC2)COC3)n1. The minimum atomic E-state index is -1.10. The van der Waals surface area contributed by atoms with Crippen molar-refractivity contribution in [2.24, 2.45) is 11.1 Å². The van der Waals surface area contributed by atoms with Crippen molar-refractivity contribution >= 4 is 17.6 Å². The number of piperidine rings is 1. The van der Waals surface area contributed by atoms with Crippen LogP contribution in [-0.2, 0) is 27.3 Å². The molecule has 2 amide bonds. The maximum absolute atomic E-state index is 13.3. The first-order valence-electron chi connectivity index (χ1n) is 12.4. The molecule has 0 aliphatic carbocycles. The number of amides is 2. The minimum absolute atomic E-state index is 0.138. The Morgan fingerprint density at radius 1 is 1.05 bits per heavy atom. The van der Waals surface area contributed by atoms with Gasteiger partial charge in [-0.05, 0) is 49.7 Å². The smallest absolute Gasteiger partial charge is 0.287 e. The first kappa shape index (κ1) is 24.8. The van der Waals surface area contributed by atoms with Crippen LogP contribution in [0, 0.1) is 5.41 Å². The number of likely N-dealkylation sites (tertiary alicyclic amines) is 1. The lowest BCUT2D eigenvalue weighted by molar-refractivity contribution is -0.140. The van der Waals surface area contributed by atoms with Crippen LogP contribution in [0.15, 0.2) is 60.9 Å². The van der Waals surface area contributed by atoms with Crippen LogP contribution in [0.25, 0.3) is 5.82 Å². The van der Waals surface area contributed by atoms with Gasteiger partial charge in [0.25, 0.3) is 11.8 Å². The number of hydrogen-bond acceptors (Lipinski definition) is 7. The highest BCUT2D eigenvalue weighted by atomic mass is 16.5. The molecule has 2 saturated heterocycles. The number of carbonyl (C=O) groups excluding carboxylic acids is 3. The van der Waals surface area contributed by atoms with Gasteiger partial charge in [0.05, 0.1) is 24.5 Å². The lowest BCUT2D eigenvalue weighted by Crippen LogP contribution is -2.50. The number of carbonyl (C=O) groups is 3. The van der Waals surface area contributed by atoms with E-state index in [1.54, 1.807) is 29.2 Å². The Hall–Kier alpha value is -3.89. The molecule has 0 bridgehead atoms. The Morgan fingerprint density at radius 2 is 1.81 bits per heavy atom. The number of benzene rings is 1. The first-order valence-corrected chi connectivity index (χ1v) is 12.4. The number of aromatic nitrogens is 3. The molecule has 4 heterocycles. The van der Waals surface area contributed by atoms with Crippen LogP contribution in [0.2, 0.25) is 0 Å². The molecule has 1 spiro atoms. The van der Waals surface area contributed by atoms with E-state index < -0.39 is 23.6 Å². The van der Waals surface area contributed by atoms with E-state index in [0.29, 0.717) is 17.8 Å². The van der Waals surface area contributed by atoms with E-state index in [2.05, 4.69) is 20.3 Å². The molecule has 3 N–H and O–H groups in total. The summed E-state index contributed by atoms with van der Waals surface area (Å²) in [4.78, 5) is 44.2. The van der Waals surface area contributed by atoms with E-state index in [4.69, 9.17) is 10.5 Å². The van der Waals surface area contributed by atoms with E-state index in [0.717, 1.165) is 50.4 Å². The zero-order valence-electron chi connectivity index (χ0n) is 20.5. The summed E-state index contributed by atoms with van der Waals surface area (Å²) in [5.74, 6) is -2.17. The van der Waals surface area contributed by atoms with Gasteiger partial charge >= 0.3 is 0 Å². The number of hydrogen-bond donors (Lipinski definition) is 2. The van der Waals surface area contributed by atoms with E-state index >= 15 is 0 Å². The van der Waals surface area contributed by atoms with Crippen LogP contribution in [0.4, 0.5) is 0 Å². The van der Waals surface area contributed by atoms with E-state index in [1.165, 1.54) is 0 Å². The molecule has 1 unspecified atom stereocenters. The zero-order valence-corrected chi connectivity index (χ0v) is 20.5. The van der Waals surface area contributed by atoms with Crippen LogP contribution in [0.1, 0.15) is 34.5 Å². The second kappa shape index (κ2) is 10.6. The standard InChI is InChI=1S/C27H30N6O4/c28-24(35)23(34)22(15-19-5-2-1-3-6-19)30-26(36)21-7-4-11-29-25(21)33-12-8-20(31-33)16-32-13-9-27(10-14-32)17-37-18-27/h1-8,11-12,22H,9-10,13-18H2,(H2,28,35)(H,30,36). The molecular weight excluding hydrogens is 472 g/mol. The van der Waals surface area contributed by atoms with E-state index in [9.17, 15) is 14.4 Å². The summed E-state index contributed by atoms with van der Waals surface area (Å²) in [6.45, 7) is 4.47. The molecule has 2 aliphatic rings. The third kappa shape index (κ3) is 5.60. The van der Waals surface area contributed by atoms with Crippen molar-refractivity contribution in [3.8, 4) is 5.82 Å². The Morgan fingerprint density at radius 3 is 2.49 bits per heavy atom. The van der Waals surface area contributed by atoms with Crippen molar-refractivity contribution in [2.75, 3.05) is 26.3 Å². The van der Waals surface area contributed by atoms with Gasteiger partial charge in [0.15, 0.2) is 5.82 Å². The van der Waals surface area contributed by atoms with Crippen molar-refractivity contribution in [2.45, 2.75) is 31.8 Å². The molecule has 2 aliphatic heterocycles. The number of ether oxygens (including phenoxy) is 1. The topological polar surface area (TPSA) is 132 Å². The molecule has 10 heteroatoms. The van der Waals surface area contributed by atoms with Crippen molar-refractivity contribution in [1.29, 1.82) is 0 Å². The fourth-order valence-corrected chi connectivity index (χ4v) is 4.88. The van der Waals surface area contributed by atoms with Gasteiger partial charge in [-0.1, -0.05) is 30.3 Å². The molecule has 5 rings (SSSR count). The molecular formula is C27H30N6O4. The van der Waals surface area contributed by atoms with Gasteiger partial charge in [-0.3, -0.25) is 19.3 Å². The van der Waals surface area contributed by atoms with Crippen LogP contribution in [0.5, 0.6) is 0 Å². The van der Waals surface area contributed by atoms with Gasteiger partial charge in [0.1, 0.15) is 6.04 Å². The summed E-state index contributed by atoms with van der Waals surface area (Å²) in [6.07, 6.45) is 5.75. The van der Waals surface area contributed by atoms with E-state index in [-0.39, 0.29) is 12.0 Å². The number of rotatable bonds is 9. The van der Waals surface area contributed by atoms with Crippen molar-refractivity contribution in [3.05, 3.63) is 77.7 Å². The van der Waals surface area contributed by atoms with Crippen LogP contribution in [-0.4, -0.2) is 69.6 Å². The molecule has 1 aromatic carbocycles. The predicted molar refractivity (Wildman–Crippen MR) is 135 cm³/mol. The maximum Gasteiger partial charge on any atom is 0.287 e. The molecule has 3 aromatic rings. The van der Waals surface area contributed by atoms with Crippen molar-refractivity contribution < 1.29 is 19.1 Å². The second-order valence-corrected chi connectivity index (χ2v) is 9.84. The van der Waals surface area contributed by atoms with Gasteiger partial charge in [-0.25, -0.2) is 9.67 Å². The summed E-state index contributed by atoms with van der Waals surface area (Å²) in [6, 6.07) is 13.2. The molecule has 2 fully saturated rings. The summed E-state index contributed by atoms with van der Waals surface area (Å²) in [5, 5.41) is 7.34. The fourth-order valence-electron chi connectivity index (χ4n) is 4.88. The Kier molecular flexibility index (Phi) is 7.11. The number of nitrogens with zero attached hydrogens (tertiary/aromatic N) is 4. The number of primary amides is 1. The third-order valence-electron chi connectivity index (χ3n) is 7.16. The number of pyridine rings is 1. The summed E-state index contributed by atoms with van der Waals surface area (Å²) < 4.78 is 6.98. The zero-order chi connectivity index (χ0) is 25.8. The normalized spacial score (nSPS) is 17.6. The number of ketones is 1. The summed E-state index contributed by atoms with van der Waals surface area (Å²) in [5.41, 5.74) is 7.53. The quantitative estimate of drug-likeness (QED) is 0.421. The van der Waals surface area contributed by atoms with Crippen molar-refractivity contribution in [3.63, 3.8) is 0 Å². The average Bonchev–Trinajstić information content (AvgIpc) is 3.36. The first-order chi connectivity index (χ1) is 17.9. The molecule has 1 atom stereocenters. The molecule has 0 saturated carbocycles. The number of nitrogens with one attached hydrogen (secondary N) is 1. The molecule has 192 valence electrons. The Balaban J connectivity index is 1.29. The van der Waals surface area contributed by atoms with E-state index in [1.807, 2.05) is 36.4 Å². The highest BCUT2D eigenvalue weighted by Gasteiger charge is 2.41. The van der Waals surface area contributed by atoms with Crippen LogP contribution >= 0.6 is 0 Å². The molecule has 0 radical (unpaired) electrons. The molecule has 2 aromatic heterocycles. The second-order valence-electron chi connectivity index (χ2n) is 9.84. The average molecular weight is 503 g/mol. The van der Waals surface area contributed by atoms with Crippen LogP contribution < -0.4 is 11.1 Å². The van der Waals surface area contributed by atoms with Gasteiger partial charge in [-0.2, -0.15) is 5.10 Å². The van der Waals surface area contributed by atoms with Crippen molar-refractivity contribution in [1.82, 2.24) is 25.0 Å². The van der Waals surface area contributed by atoms with Gasteiger partial charge in [0.2, 0.25) is 5.78 Å². The monoisotopic (exact) mass is 502 g/mol. The highest BCUT2D eigenvalue weighted by molar-refractivity contribution is 6.38. The largest absolute Gasteiger partial charge is 0.380 e. The van der Waals surface area contributed by atoms with Crippen LogP contribution in [0.3, 0.4) is 0 Å². The van der Waals surface area contributed by atoms with Gasteiger partial charge in [0, 0.05) is 30.8 Å². The Labute approximate surface area is 214 Å². The molecule has 10 nitrogen and oxygen atoms in total. The maximum atomic E-state index is 13.3. The third-order valence-corrected chi connectivity index (χ3v) is 7.16. The minimum Gasteiger partial charge on any atom is -0.380 e. The molecule has 37 heavy (non-hydrogen) atoms. The highest BCUT2D eigenvalue weighted by Crippen LogP contribution is 2.38. The predicted octanol–water partition coefficient (Wildman–Crippen LogP) is 1.28. The summed E-state index contributed by atoms with van der Waals surface area (Å²) in [7, 11) is 0. The van der Waals surface area contributed by atoms with Gasteiger partial charge < -0.3 is 15.8 Å². The summed E-state index contributed by atoms with van der Waals surface area (Å²) >= 11 is 0. The number of nitrogens with two attached hydrogens (primary N) is 1. The number of Topliss-reactive ketones (excluding diaryl/α,β-unsaturated/α-hetero) is 1. The van der Waals surface area contributed by atoms with Gasteiger partial charge in [-0.15, -0.1) is 0 Å².